The van der Waals surface area contributed by atoms with Crippen LogP contribution in [0.2, 0.25) is 0 Å². The highest BCUT2D eigenvalue weighted by Gasteiger charge is 2.24. The van der Waals surface area contributed by atoms with Gasteiger partial charge < -0.3 is 20.6 Å². The van der Waals surface area contributed by atoms with Gasteiger partial charge in [-0.2, -0.15) is 11.3 Å². The van der Waals surface area contributed by atoms with E-state index in [4.69, 9.17) is 0 Å². The fourth-order valence-corrected chi connectivity index (χ4v) is 3.56. The molecule has 1 aliphatic rings. The zero-order chi connectivity index (χ0) is 17.6. The fourth-order valence-electron chi connectivity index (χ4n) is 2.77. The Hall–Kier alpha value is -1.15. The maximum atomic E-state index is 10.6. The predicted octanol–water partition coefficient (Wildman–Crippen LogP) is 0.757. The van der Waals surface area contributed by atoms with Gasteiger partial charge in [-0.05, 0) is 50.3 Å². The zero-order valence-electron chi connectivity index (χ0n) is 15.2. The number of rotatable bonds is 6. The van der Waals surface area contributed by atoms with E-state index in [0.717, 1.165) is 44.2 Å². The maximum absolute atomic E-state index is 10.6. The van der Waals surface area contributed by atoms with Crippen molar-refractivity contribution in [2.75, 3.05) is 53.4 Å². The Kier molecular flexibility index (Phi) is 7.03. The molecular weight excluding hydrogens is 322 g/mol. The highest BCUT2D eigenvalue weighted by atomic mass is 32.1. The Morgan fingerprint density at radius 1 is 1.42 bits per heavy atom. The largest absolute Gasteiger partial charge is 0.383 e. The number of nitrogens with one attached hydrogen (secondary N) is 2. The summed E-state index contributed by atoms with van der Waals surface area (Å²) in [5.74, 6) is 0.759. The molecule has 0 bridgehead atoms. The number of nitrogens with zero attached hydrogens (tertiary/aromatic N) is 3. The van der Waals surface area contributed by atoms with Crippen LogP contribution in [0.5, 0.6) is 0 Å². The van der Waals surface area contributed by atoms with Gasteiger partial charge in [-0.1, -0.05) is 0 Å². The molecule has 2 rings (SSSR count). The summed E-state index contributed by atoms with van der Waals surface area (Å²) in [7, 11) is 4.34. The number of guanidine groups is 1. The Morgan fingerprint density at radius 2 is 2.21 bits per heavy atom. The summed E-state index contributed by atoms with van der Waals surface area (Å²) >= 11 is 1.59. The van der Waals surface area contributed by atoms with Crippen LogP contribution in [0.15, 0.2) is 21.8 Å². The second-order valence-electron chi connectivity index (χ2n) is 6.76. The molecule has 0 spiro atoms. The van der Waals surface area contributed by atoms with Crippen molar-refractivity contribution in [3.05, 3.63) is 22.4 Å². The van der Waals surface area contributed by atoms with E-state index in [9.17, 15) is 5.11 Å². The lowest BCUT2D eigenvalue weighted by Gasteiger charge is -2.38. The van der Waals surface area contributed by atoms with Crippen molar-refractivity contribution >= 4 is 17.3 Å². The lowest BCUT2D eigenvalue weighted by Crippen LogP contribution is -2.55. The Bertz CT molecular complexity index is 517. The van der Waals surface area contributed by atoms with Crippen LogP contribution in [-0.4, -0.2) is 80.3 Å². The van der Waals surface area contributed by atoms with Gasteiger partial charge >= 0.3 is 0 Å². The van der Waals surface area contributed by atoms with Crippen LogP contribution in [-0.2, 0) is 5.60 Å². The van der Waals surface area contributed by atoms with E-state index in [1.54, 1.807) is 11.3 Å². The molecule has 136 valence electrons. The van der Waals surface area contributed by atoms with E-state index in [2.05, 4.69) is 46.4 Å². The molecule has 0 aliphatic carbocycles. The summed E-state index contributed by atoms with van der Waals surface area (Å²) in [5.41, 5.74) is -0.0229. The Morgan fingerprint density at radius 3 is 2.88 bits per heavy atom. The van der Waals surface area contributed by atoms with Crippen LogP contribution in [0.1, 0.15) is 19.4 Å². The van der Waals surface area contributed by atoms with Gasteiger partial charge in [0.1, 0.15) is 5.60 Å². The molecule has 2 atom stereocenters. The molecular formula is C17H31N5OS. The highest BCUT2D eigenvalue weighted by molar-refractivity contribution is 7.08. The van der Waals surface area contributed by atoms with Gasteiger partial charge in [0.2, 0.25) is 0 Å². The molecule has 1 aromatic rings. The number of likely N-dealkylation sites (N-methyl/N-ethyl adjacent to an activating group) is 2. The third-order valence-corrected chi connectivity index (χ3v) is 5.20. The molecule has 0 amide bonds. The summed E-state index contributed by atoms with van der Waals surface area (Å²) in [4.78, 5) is 9.33. The number of aliphatic imine (C=N–C) groups is 1. The van der Waals surface area contributed by atoms with E-state index in [-0.39, 0.29) is 0 Å². The van der Waals surface area contributed by atoms with Crippen LogP contribution in [0.25, 0.3) is 0 Å². The number of aliphatic hydroxyl groups is 1. The first-order chi connectivity index (χ1) is 11.4. The Balaban J connectivity index is 1.93. The Labute approximate surface area is 149 Å². The molecule has 2 unspecified atom stereocenters. The lowest BCUT2D eigenvalue weighted by atomic mass is 10.00. The van der Waals surface area contributed by atoms with Crippen molar-refractivity contribution in [3.8, 4) is 0 Å². The van der Waals surface area contributed by atoms with E-state index in [1.165, 1.54) is 0 Å². The van der Waals surface area contributed by atoms with Crippen LogP contribution < -0.4 is 10.6 Å². The molecule has 1 fully saturated rings. The molecule has 0 saturated carbocycles. The van der Waals surface area contributed by atoms with Crippen molar-refractivity contribution in [2.45, 2.75) is 25.5 Å². The second-order valence-corrected chi connectivity index (χ2v) is 7.54. The van der Waals surface area contributed by atoms with E-state index < -0.39 is 5.60 Å². The van der Waals surface area contributed by atoms with E-state index >= 15 is 0 Å². The monoisotopic (exact) mass is 353 g/mol. The molecule has 1 aliphatic heterocycles. The summed E-state index contributed by atoms with van der Waals surface area (Å²) in [6.45, 7) is 9.09. The van der Waals surface area contributed by atoms with Gasteiger partial charge in [0.25, 0.3) is 0 Å². The summed E-state index contributed by atoms with van der Waals surface area (Å²) in [6.07, 6.45) is 0. The molecule has 24 heavy (non-hydrogen) atoms. The highest BCUT2D eigenvalue weighted by Crippen LogP contribution is 2.23. The molecule has 7 heteroatoms. The van der Waals surface area contributed by atoms with Gasteiger partial charge in [-0.15, -0.1) is 0 Å². The fraction of sp³-hybridized carbons (Fsp3) is 0.706. The van der Waals surface area contributed by atoms with Crippen LogP contribution >= 0.6 is 11.3 Å². The van der Waals surface area contributed by atoms with E-state index in [1.807, 2.05) is 23.8 Å². The first kappa shape index (κ1) is 19.2. The standard InChI is InChI=1S/C17H31N5OS/c1-5-18-16(19-10-15-11-21(3)7-8-22(15)4)20-13-17(2,23)14-6-9-24-12-14/h6,9,12,15,23H,5,7-8,10-11,13H2,1-4H3,(H2,18,19,20). The molecule has 1 saturated heterocycles. The van der Waals surface area contributed by atoms with Crippen molar-refractivity contribution in [1.82, 2.24) is 20.4 Å². The lowest BCUT2D eigenvalue weighted by molar-refractivity contribution is 0.0676. The van der Waals surface area contributed by atoms with E-state index in [0.29, 0.717) is 12.6 Å². The van der Waals surface area contributed by atoms with Crippen LogP contribution in [0, 0.1) is 0 Å². The minimum Gasteiger partial charge on any atom is -0.383 e. The SMILES string of the molecule is CCNC(=NCC(C)(O)c1ccsc1)NCC1CN(C)CCN1C. The smallest absolute Gasteiger partial charge is 0.191 e. The molecule has 0 radical (unpaired) electrons. The first-order valence-electron chi connectivity index (χ1n) is 8.58. The third kappa shape index (κ3) is 5.44. The first-order valence-corrected chi connectivity index (χ1v) is 9.52. The molecule has 3 N–H and O–H groups in total. The van der Waals surface area contributed by atoms with Crippen LogP contribution in [0.4, 0.5) is 0 Å². The van der Waals surface area contributed by atoms with Gasteiger partial charge in [0.15, 0.2) is 5.96 Å². The minimum atomic E-state index is -0.940. The molecule has 6 nitrogen and oxygen atoms in total. The molecule has 0 aromatic carbocycles. The van der Waals surface area contributed by atoms with Gasteiger partial charge in [0, 0.05) is 38.8 Å². The predicted molar refractivity (Wildman–Crippen MR) is 102 cm³/mol. The normalized spacial score (nSPS) is 23.0. The molecule has 1 aromatic heterocycles. The van der Waals surface area contributed by atoms with Crippen LogP contribution in [0.3, 0.4) is 0 Å². The summed E-state index contributed by atoms with van der Waals surface area (Å²) in [6, 6.07) is 2.41. The van der Waals surface area contributed by atoms with Gasteiger partial charge in [0.05, 0.1) is 6.54 Å². The quantitative estimate of drug-likeness (QED) is 0.521. The molecule has 2 heterocycles. The second kappa shape index (κ2) is 8.80. The summed E-state index contributed by atoms with van der Waals surface area (Å²) in [5, 5.41) is 21.3. The van der Waals surface area contributed by atoms with Gasteiger partial charge in [-0.25, -0.2) is 4.99 Å². The average molecular weight is 354 g/mol. The van der Waals surface area contributed by atoms with Crippen molar-refractivity contribution < 1.29 is 5.11 Å². The zero-order valence-corrected chi connectivity index (χ0v) is 16.1. The number of piperazine rings is 1. The topological polar surface area (TPSA) is 63.1 Å². The number of hydrogen-bond donors (Lipinski definition) is 3. The van der Waals surface area contributed by atoms with Gasteiger partial charge in [-0.3, -0.25) is 4.90 Å². The van der Waals surface area contributed by atoms with Crippen molar-refractivity contribution in [1.29, 1.82) is 0 Å². The van der Waals surface area contributed by atoms with Crippen molar-refractivity contribution in [2.24, 2.45) is 4.99 Å². The number of hydrogen-bond acceptors (Lipinski definition) is 5. The number of thiophene rings is 1. The summed E-state index contributed by atoms with van der Waals surface area (Å²) < 4.78 is 0. The third-order valence-electron chi connectivity index (χ3n) is 4.52. The van der Waals surface area contributed by atoms with Crippen molar-refractivity contribution in [3.63, 3.8) is 0 Å². The average Bonchev–Trinajstić information content (AvgIpc) is 3.08. The minimum absolute atomic E-state index is 0.333. The maximum Gasteiger partial charge on any atom is 0.191 e.